The minimum atomic E-state index is -0.542. The first-order valence-electron chi connectivity index (χ1n) is 4.36. The van der Waals surface area contributed by atoms with Crippen LogP contribution in [0.5, 0.6) is 0 Å². The summed E-state index contributed by atoms with van der Waals surface area (Å²) in [6.45, 7) is 1.52. The molecule has 0 aliphatic rings. The first kappa shape index (κ1) is 9.64. The largest absolute Gasteiger partial charge is 0.381 e. The van der Waals surface area contributed by atoms with Crippen LogP contribution in [0.2, 0.25) is 0 Å². The molecule has 0 saturated heterocycles. The van der Waals surface area contributed by atoms with E-state index in [1.807, 2.05) is 0 Å². The lowest BCUT2D eigenvalue weighted by atomic mass is 10.3. The Hall–Kier alpha value is -1.91. The minimum Gasteiger partial charge on any atom is -0.381 e. The van der Waals surface area contributed by atoms with Crippen molar-refractivity contribution in [2.24, 2.45) is 0 Å². The Morgan fingerprint density at radius 3 is 2.27 bits per heavy atom. The van der Waals surface area contributed by atoms with Gasteiger partial charge in [-0.3, -0.25) is 0 Å². The molecule has 1 aromatic carbocycles. The Labute approximate surface area is 85.1 Å². The van der Waals surface area contributed by atoms with Gasteiger partial charge in [0, 0.05) is 0 Å². The number of nitrogen functional groups attached to an aromatic ring is 1. The number of anilines is 1. The van der Waals surface area contributed by atoms with Crippen LogP contribution < -0.4 is 5.73 Å². The Morgan fingerprint density at radius 1 is 1.20 bits per heavy atom. The molecule has 15 heavy (non-hydrogen) atoms. The average Bonchev–Trinajstić information content (AvgIpc) is 2.47. The van der Waals surface area contributed by atoms with Crippen LogP contribution in [0.4, 0.5) is 14.6 Å². The SMILES string of the molecule is Cc1nn(-c2ccc(F)cc2)c(N)c1F. The van der Waals surface area contributed by atoms with Gasteiger partial charge in [0.25, 0.3) is 0 Å². The number of aryl methyl sites for hydroxylation is 1. The molecular weight excluding hydrogens is 200 g/mol. The standard InChI is InChI=1S/C10H9F2N3/c1-6-9(12)10(13)15(14-6)8-4-2-7(11)3-5-8/h2-5H,13H2,1H3. The third-order valence-electron chi connectivity index (χ3n) is 2.09. The topological polar surface area (TPSA) is 43.8 Å². The molecule has 0 spiro atoms. The molecule has 0 saturated carbocycles. The Morgan fingerprint density at radius 2 is 1.80 bits per heavy atom. The van der Waals surface area contributed by atoms with Crippen molar-refractivity contribution in [2.75, 3.05) is 5.73 Å². The second-order valence-electron chi connectivity index (χ2n) is 3.17. The summed E-state index contributed by atoms with van der Waals surface area (Å²) in [6, 6.07) is 5.50. The molecule has 0 radical (unpaired) electrons. The van der Waals surface area contributed by atoms with Gasteiger partial charge in [-0.15, -0.1) is 0 Å². The molecule has 0 unspecified atom stereocenters. The number of rotatable bonds is 1. The smallest absolute Gasteiger partial charge is 0.188 e. The van der Waals surface area contributed by atoms with Gasteiger partial charge in [0.15, 0.2) is 11.6 Å². The molecule has 0 amide bonds. The van der Waals surface area contributed by atoms with Gasteiger partial charge in [-0.1, -0.05) is 0 Å². The van der Waals surface area contributed by atoms with Crippen LogP contribution in [-0.2, 0) is 0 Å². The number of hydrogen-bond donors (Lipinski definition) is 1. The van der Waals surface area contributed by atoms with Crippen molar-refractivity contribution in [3.63, 3.8) is 0 Å². The second kappa shape index (κ2) is 3.34. The minimum absolute atomic E-state index is 0.0703. The molecule has 0 aliphatic carbocycles. The Bertz CT molecular complexity index is 488. The molecule has 3 nitrogen and oxygen atoms in total. The van der Waals surface area contributed by atoms with Gasteiger partial charge in [-0.05, 0) is 31.2 Å². The number of halogens is 2. The zero-order chi connectivity index (χ0) is 11.0. The highest BCUT2D eigenvalue weighted by Crippen LogP contribution is 2.18. The van der Waals surface area contributed by atoms with Gasteiger partial charge in [0.1, 0.15) is 5.82 Å². The monoisotopic (exact) mass is 209 g/mol. The Balaban J connectivity index is 2.54. The van der Waals surface area contributed by atoms with E-state index in [2.05, 4.69) is 5.10 Å². The van der Waals surface area contributed by atoms with E-state index in [9.17, 15) is 8.78 Å². The predicted molar refractivity (Wildman–Crippen MR) is 52.6 cm³/mol. The lowest BCUT2D eigenvalue weighted by molar-refractivity contribution is 0.623. The first-order valence-corrected chi connectivity index (χ1v) is 4.36. The van der Waals surface area contributed by atoms with E-state index in [0.29, 0.717) is 5.69 Å². The van der Waals surface area contributed by atoms with Crippen LogP contribution in [0.1, 0.15) is 5.69 Å². The van der Waals surface area contributed by atoms with Crippen molar-refractivity contribution >= 4 is 5.82 Å². The molecule has 2 rings (SSSR count). The highest BCUT2D eigenvalue weighted by Gasteiger charge is 2.12. The third kappa shape index (κ3) is 1.56. The van der Waals surface area contributed by atoms with Crippen LogP contribution >= 0.6 is 0 Å². The summed E-state index contributed by atoms with van der Waals surface area (Å²) in [7, 11) is 0. The average molecular weight is 209 g/mol. The first-order chi connectivity index (χ1) is 7.09. The molecule has 78 valence electrons. The summed E-state index contributed by atoms with van der Waals surface area (Å²) in [4.78, 5) is 0. The van der Waals surface area contributed by atoms with E-state index >= 15 is 0 Å². The molecule has 2 N–H and O–H groups in total. The molecule has 0 aliphatic heterocycles. The van der Waals surface area contributed by atoms with E-state index in [4.69, 9.17) is 5.73 Å². The van der Waals surface area contributed by atoms with Crippen molar-refractivity contribution < 1.29 is 8.78 Å². The molecule has 5 heteroatoms. The number of aromatic nitrogens is 2. The highest BCUT2D eigenvalue weighted by molar-refractivity contribution is 5.43. The lowest BCUT2D eigenvalue weighted by Crippen LogP contribution is -2.02. The summed E-state index contributed by atoms with van der Waals surface area (Å²) >= 11 is 0. The highest BCUT2D eigenvalue weighted by atomic mass is 19.1. The van der Waals surface area contributed by atoms with E-state index in [1.54, 1.807) is 0 Å². The maximum Gasteiger partial charge on any atom is 0.188 e. The zero-order valence-corrected chi connectivity index (χ0v) is 8.04. The lowest BCUT2D eigenvalue weighted by Gasteiger charge is -2.02. The van der Waals surface area contributed by atoms with E-state index in [1.165, 1.54) is 35.9 Å². The van der Waals surface area contributed by atoms with Crippen molar-refractivity contribution in [1.29, 1.82) is 0 Å². The maximum absolute atomic E-state index is 13.2. The summed E-state index contributed by atoms with van der Waals surface area (Å²) in [5.74, 6) is -0.972. The van der Waals surface area contributed by atoms with Crippen molar-refractivity contribution in [3.05, 3.63) is 41.6 Å². The fourth-order valence-corrected chi connectivity index (χ4v) is 1.31. The van der Waals surface area contributed by atoms with Gasteiger partial charge in [0.2, 0.25) is 0 Å². The summed E-state index contributed by atoms with van der Waals surface area (Å²) < 4.78 is 27.1. The zero-order valence-electron chi connectivity index (χ0n) is 8.04. The van der Waals surface area contributed by atoms with E-state index < -0.39 is 5.82 Å². The molecule has 0 bridgehead atoms. The molecule has 2 aromatic rings. The van der Waals surface area contributed by atoms with Crippen LogP contribution in [-0.4, -0.2) is 9.78 Å². The van der Waals surface area contributed by atoms with Gasteiger partial charge in [-0.2, -0.15) is 5.10 Å². The van der Waals surface area contributed by atoms with E-state index in [-0.39, 0.29) is 17.3 Å². The molecule has 0 atom stereocenters. The van der Waals surface area contributed by atoms with Crippen LogP contribution in [0.3, 0.4) is 0 Å². The summed E-state index contributed by atoms with van der Waals surface area (Å²) in [6.07, 6.45) is 0. The second-order valence-corrected chi connectivity index (χ2v) is 3.17. The number of benzene rings is 1. The number of nitrogens with two attached hydrogens (primary N) is 1. The summed E-state index contributed by atoms with van der Waals surface area (Å²) in [5, 5.41) is 3.90. The van der Waals surface area contributed by atoms with Crippen molar-refractivity contribution in [3.8, 4) is 5.69 Å². The number of hydrogen-bond acceptors (Lipinski definition) is 2. The quantitative estimate of drug-likeness (QED) is 0.781. The van der Waals surface area contributed by atoms with Crippen molar-refractivity contribution in [2.45, 2.75) is 6.92 Å². The normalized spacial score (nSPS) is 10.6. The summed E-state index contributed by atoms with van der Waals surface area (Å²) in [5.41, 5.74) is 6.25. The Kier molecular flexibility index (Phi) is 2.15. The van der Waals surface area contributed by atoms with Gasteiger partial charge in [-0.25, -0.2) is 13.5 Å². The fourth-order valence-electron chi connectivity index (χ4n) is 1.31. The molecule has 0 fully saturated rings. The fraction of sp³-hybridized carbons (Fsp3) is 0.100. The molecule has 1 aromatic heterocycles. The molecule has 1 heterocycles. The van der Waals surface area contributed by atoms with Gasteiger partial charge in [0.05, 0.1) is 11.4 Å². The van der Waals surface area contributed by atoms with E-state index in [0.717, 1.165) is 0 Å². The van der Waals surface area contributed by atoms with Crippen LogP contribution in [0.25, 0.3) is 5.69 Å². The van der Waals surface area contributed by atoms with Gasteiger partial charge < -0.3 is 5.73 Å². The van der Waals surface area contributed by atoms with Crippen LogP contribution in [0.15, 0.2) is 24.3 Å². The number of nitrogens with zero attached hydrogens (tertiary/aromatic N) is 2. The third-order valence-corrected chi connectivity index (χ3v) is 2.09. The predicted octanol–water partition coefficient (Wildman–Crippen LogP) is 2.04. The maximum atomic E-state index is 13.2. The van der Waals surface area contributed by atoms with Gasteiger partial charge >= 0.3 is 0 Å². The molecular formula is C10H9F2N3. The van der Waals surface area contributed by atoms with Crippen LogP contribution in [0, 0.1) is 18.6 Å². The van der Waals surface area contributed by atoms with Crippen molar-refractivity contribution in [1.82, 2.24) is 9.78 Å².